The van der Waals surface area contributed by atoms with Crippen molar-refractivity contribution in [3.8, 4) is 5.75 Å². The Morgan fingerprint density at radius 3 is 2.82 bits per heavy atom. The zero-order valence-electron chi connectivity index (χ0n) is 9.95. The Bertz CT molecular complexity index is 353. The van der Waals surface area contributed by atoms with Crippen LogP contribution in [-0.2, 0) is 4.74 Å². The molecule has 0 aliphatic rings. The third-order valence-electron chi connectivity index (χ3n) is 2.24. The van der Waals surface area contributed by atoms with Crippen LogP contribution in [0.5, 0.6) is 5.75 Å². The Hall–Kier alpha value is -1.06. The Labute approximate surface area is 107 Å². The van der Waals surface area contributed by atoms with Crippen molar-refractivity contribution in [1.29, 1.82) is 0 Å². The maximum Gasteiger partial charge on any atom is 0.153 e. The smallest absolute Gasteiger partial charge is 0.153 e. The molecule has 0 bridgehead atoms. The van der Waals surface area contributed by atoms with Gasteiger partial charge >= 0.3 is 0 Å². The van der Waals surface area contributed by atoms with E-state index in [1.165, 1.54) is 0 Å². The van der Waals surface area contributed by atoms with E-state index < -0.39 is 0 Å². The van der Waals surface area contributed by atoms with Gasteiger partial charge in [0.1, 0.15) is 12.4 Å². The van der Waals surface area contributed by atoms with Crippen LogP contribution >= 0.6 is 11.6 Å². The second kappa shape index (κ2) is 8.09. The van der Waals surface area contributed by atoms with Gasteiger partial charge in [0.2, 0.25) is 0 Å². The van der Waals surface area contributed by atoms with Crippen molar-refractivity contribution in [3.05, 3.63) is 28.8 Å². The van der Waals surface area contributed by atoms with Crippen molar-refractivity contribution in [2.75, 3.05) is 19.8 Å². The lowest BCUT2D eigenvalue weighted by Gasteiger charge is -2.10. The number of hydrogen-bond acceptors (Lipinski definition) is 3. The minimum absolute atomic E-state index is 0.397. The van der Waals surface area contributed by atoms with Crippen LogP contribution in [0.2, 0.25) is 5.02 Å². The summed E-state index contributed by atoms with van der Waals surface area (Å²) < 4.78 is 10.8. The van der Waals surface area contributed by atoms with E-state index in [0.717, 1.165) is 25.7 Å². The summed E-state index contributed by atoms with van der Waals surface area (Å²) in [6.45, 7) is 3.75. The van der Waals surface area contributed by atoms with E-state index >= 15 is 0 Å². The van der Waals surface area contributed by atoms with Gasteiger partial charge in [0.25, 0.3) is 0 Å². The van der Waals surface area contributed by atoms with E-state index in [1.54, 1.807) is 18.2 Å². The summed E-state index contributed by atoms with van der Waals surface area (Å²) in [5, 5.41) is 0.447. The number of benzene rings is 1. The fourth-order valence-electron chi connectivity index (χ4n) is 1.32. The number of ether oxygens (including phenoxy) is 2. The summed E-state index contributed by atoms with van der Waals surface area (Å²) in [5.74, 6) is 0.434. The largest absolute Gasteiger partial charge is 0.489 e. The van der Waals surface area contributed by atoms with Gasteiger partial charge in [-0.3, -0.25) is 4.79 Å². The number of aldehydes is 1. The molecule has 17 heavy (non-hydrogen) atoms. The lowest BCUT2D eigenvalue weighted by atomic mass is 10.2. The van der Waals surface area contributed by atoms with Crippen molar-refractivity contribution in [1.82, 2.24) is 0 Å². The van der Waals surface area contributed by atoms with Crippen LogP contribution in [0.1, 0.15) is 30.1 Å². The molecule has 0 heterocycles. The van der Waals surface area contributed by atoms with Gasteiger partial charge in [-0.05, 0) is 18.6 Å². The van der Waals surface area contributed by atoms with Gasteiger partial charge in [-0.25, -0.2) is 0 Å². The van der Waals surface area contributed by atoms with E-state index in [2.05, 4.69) is 6.92 Å². The average Bonchev–Trinajstić information content (AvgIpc) is 2.35. The fourth-order valence-corrected chi connectivity index (χ4v) is 1.56. The molecule has 0 saturated heterocycles. The lowest BCUT2D eigenvalue weighted by molar-refractivity contribution is 0.0969. The first-order chi connectivity index (χ1) is 8.29. The zero-order chi connectivity index (χ0) is 12.5. The van der Waals surface area contributed by atoms with Gasteiger partial charge in [0.05, 0.1) is 17.2 Å². The summed E-state index contributed by atoms with van der Waals surface area (Å²) in [7, 11) is 0. The summed E-state index contributed by atoms with van der Waals surface area (Å²) in [4.78, 5) is 10.8. The van der Waals surface area contributed by atoms with E-state index in [4.69, 9.17) is 21.1 Å². The molecule has 0 radical (unpaired) electrons. The van der Waals surface area contributed by atoms with Gasteiger partial charge in [-0.15, -0.1) is 0 Å². The normalized spacial score (nSPS) is 10.2. The van der Waals surface area contributed by atoms with Crippen LogP contribution in [0.15, 0.2) is 18.2 Å². The van der Waals surface area contributed by atoms with Gasteiger partial charge < -0.3 is 9.47 Å². The summed E-state index contributed by atoms with van der Waals surface area (Å²) in [6, 6.07) is 5.09. The maximum absolute atomic E-state index is 10.8. The first kappa shape index (κ1) is 14.0. The molecular weight excluding hydrogens is 240 g/mol. The van der Waals surface area contributed by atoms with Gasteiger partial charge in [-0.1, -0.05) is 31.0 Å². The Kier molecular flexibility index (Phi) is 6.67. The molecule has 3 nitrogen and oxygen atoms in total. The highest BCUT2D eigenvalue weighted by molar-refractivity contribution is 6.32. The Morgan fingerprint density at radius 2 is 2.12 bits per heavy atom. The molecule has 0 N–H and O–H groups in total. The van der Waals surface area contributed by atoms with Crippen LogP contribution in [0, 0.1) is 0 Å². The number of hydrogen-bond donors (Lipinski definition) is 0. The first-order valence-electron chi connectivity index (χ1n) is 5.73. The summed E-state index contributed by atoms with van der Waals surface area (Å²) in [5.41, 5.74) is 0.464. The fraction of sp³-hybridized carbons (Fsp3) is 0.462. The molecule has 94 valence electrons. The number of para-hydroxylation sites is 1. The molecule has 0 spiro atoms. The van der Waals surface area contributed by atoms with Crippen molar-refractivity contribution >= 4 is 17.9 Å². The first-order valence-corrected chi connectivity index (χ1v) is 6.11. The van der Waals surface area contributed by atoms with Crippen molar-refractivity contribution in [2.45, 2.75) is 19.8 Å². The second-order valence-electron chi connectivity index (χ2n) is 3.59. The minimum Gasteiger partial charge on any atom is -0.489 e. The molecule has 0 amide bonds. The van der Waals surface area contributed by atoms with Crippen LogP contribution in [0.4, 0.5) is 0 Å². The molecule has 0 aliphatic heterocycles. The number of halogens is 1. The van der Waals surface area contributed by atoms with E-state index in [1.807, 2.05) is 0 Å². The minimum atomic E-state index is 0.397. The van der Waals surface area contributed by atoms with Gasteiger partial charge in [0.15, 0.2) is 6.29 Å². The number of rotatable bonds is 8. The number of carbonyl (C=O) groups is 1. The zero-order valence-corrected chi connectivity index (χ0v) is 10.7. The van der Waals surface area contributed by atoms with Crippen molar-refractivity contribution < 1.29 is 14.3 Å². The molecule has 1 rings (SSSR count). The van der Waals surface area contributed by atoms with E-state index in [9.17, 15) is 4.79 Å². The highest BCUT2D eigenvalue weighted by atomic mass is 35.5. The molecule has 0 saturated carbocycles. The van der Waals surface area contributed by atoms with Crippen LogP contribution < -0.4 is 4.74 Å². The quantitative estimate of drug-likeness (QED) is 0.529. The van der Waals surface area contributed by atoms with Gasteiger partial charge in [0, 0.05) is 6.61 Å². The maximum atomic E-state index is 10.8. The van der Waals surface area contributed by atoms with Crippen LogP contribution in [0.3, 0.4) is 0 Å². The highest BCUT2D eigenvalue weighted by Crippen LogP contribution is 2.27. The number of unbranched alkanes of at least 4 members (excludes halogenated alkanes) is 1. The Balaban J connectivity index is 2.38. The van der Waals surface area contributed by atoms with Crippen molar-refractivity contribution in [3.63, 3.8) is 0 Å². The SMILES string of the molecule is CCCCOCCOc1c(Cl)cccc1C=O. The van der Waals surface area contributed by atoms with Crippen LogP contribution in [0.25, 0.3) is 0 Å². The predicted molar refractivity (Wildman–Crippen MR) is 68.1 cm³/mol. The molecule has 1 aromatic rings. The van der Waals surface area contributed by atoms with E-state index in [-0.39, 0.29) is 0 Å². The lowest BCUT2D eigenvalue weighted by Crippen LogP contribution is -2.08. The molecule has 0 aromatic heterocycles. The molecule has 4 heteroatoms. The highest BCUT2D eigenvalue weighted by Gasteiger charge is 2.07. The van der Waals surface area contributed by atoms with Gasteiger partial charge in [-0.2, -0.15) is 0 Å². The molecular formula is C13H17ClO3. The molecule has 0 aliphatic carbocycles. The van der Waals surface area contributed by atoms with Crippen molar-refractivity contribution in [2.24, 2.45) is 0 Å². The Morgan fingerprint density at radius 1 is 1.29 bits per heavy atom. The predicted octanol–water partition coefficient (Wildman–Crippen LogP) is 3.35. The summed E-state index contributed by atoms with van der Waals surface area (Å²) >= 11 is 5.95. The average molecular weight is 257 g/mol. The summed E-state index contributed by atoms with van der Waals surface area (Å²) in [6.07, 6.45) is 2.89. The number of carbonyl (C=O) groups excluding carboxylic acids is 1. The van der Waals surface area contributed by atoms with E-state index in [0.29, 0.717) is 29.5 Å². The topological polar surface area (TPSA) is 35.5 Å². The molecule has 0 fully saturated rings. The second-order valence-corrected chi connectivity index (χ2v) is 4.00. The monoisotopic (exact) mass is 256 g/mol. The molecule has 0 unspecified atom stereocenters. The molecule has 1 aromatic carbocycles. The molecule has 0 atom stereocenters. The third kappa shape index (κ3) is 4.75. The standard InChI is InChI=1S/C13H17ClO3/c1-2-3-7-16-8-9-17-13-11(10-15)5-4-6-12(13)14/h4-6,10H,2-3,7-9H2,1H3. The van der Waals surface area contributed by atoms with Crippen LogP contribution in [-0.4, -0.2) is 26.1 Å². The third-order valence-corrected chi connectivity index (χ3v) is 2.54.